The Labute approximate surface area is 122 Å². The van der Waals surface area contributed by atoms with E-state index >= 15 is 0 Å². The molecule has 0 bridgehead atoms. The summed E-state index contributed by atoms with van der Waals surface area (Å²) < 4.78 is 0. The van der Waals surface area contributed by atoms with E-state index in [0.29, 0.717) is 0 Å². The van der Waals surface area contributed by atoms with E-state index in [-0.39, 0.29) is 18.4 Å². The van der Waals surface area contributed by atoms with Crippen LogP contribution in [0.4, 0.5) is 5.69 Å². The number of carbonyl (C=O) groups excluding carboxylic acids is 1. The first-order valence-electron chi connectivity index (χ1n) is 6.76. The first-order valence-corrected chi connectivity index (χ1v) is 6.76. The first kappa shape index (κ1) is 13.3. The minimum absolute atomic E-state index is 0.111. The third-order valence-electron chi connectivity index (χ3n) is 3.39. The molecule has 5 nitrogen and oxygen atoms in total. The van der Waals surface area contributed by atoms with E-state index in [9.17, 15) is 4.79 Å². The molecule has 106 valence electrons. The van der Waals surface area contributed by atoms with Gasteiger partial charge in [-0.15, -0.1) is 0 Å². The van der Waals surface area contributed by atoms with Gasteiger partial charge in [-0.2, -0.15) is 5.10 Å². The minimum Gasteiger partial charge on any atom is -0.325 e. The summed E-state index contributed by atoms with van der Waals surface area (Å²) in [6, 6.07) is 14.9. The van der Waals surface area contributed by atoms with Crippen molar-refractivity contribution in [2.75, 3.05) is 5.32 Å². The zero-order valence-corrected chi connectivity index (χ0v) is 11.4. The Morgan fingerprint density at radius 3 is 2.81 bits per heavy atom. The number of fused-ring (bicyclic) bond motifs is 1. The maximum atomic E-state index is 12.1. The van der Waals surface area contributed by atoms with Gasteiger partial charge in [0.05, 0.1) is 17.4 Å². The number of nitrogens with two attached hydrogens (primary N) is 1. The second-order valence-electron chi connectivity index (χ2n) is 4.91. The zero-order chi connectivity index (χ0) is 14.7. The number of H-pyrrole nitrogens is 1. The Morgan fingerprint density at radius 2 is 2.00 bits per heavy atom. The van der Waals surface area contributed by atoms with Crippen LogP contribution in [0.3, 0.4) is 0 Å². The summed E-state index contributed by atoms with van der Waals surface area (Å²) in [5, 5.41) is 10.6. The predicted octanol–water partition coefficient (Wildman–Crippen LogP) is 2.59. The molecule has 0 spiro atoms. The zero-order valence-electron chi connectivity index (χ0n) is 11.4. The number of aromatic nitrogens is 2. The molecule has 1 heterocycles. The highest BCUT2D eigenvalue weighted by atomic mass is 16.1. The van der Waals surface area contributed by atoms with Gasteiger partial charge in [0.1, 0.15) is 0 Å². The van der Waals surface area contributed by atoms with Crippen LogP contribution in [-0.2, 0) is 4.79 Å². The van der Waals surface area contributed by atoms with Crippen LogP contribution in [0.1, 0.15) is 18.0 Å². The van der Waals surface area contributed by atoms with Crippen molar-refractivity contribution in [3.63, 3.8) is 0 Å². The first-order chi connectivity index (χ1) is 10.2. The number of carbonyl (C=O) groups is 1. The van der Waals surface area contributed by atoms with Gasteiger partial charge in [-0.1, -0.05) is 36.4 Å². The van der Waals surface area contributed by atoms with E-state index in [1.54, 1.807) is 6.20 Å². The van der Waals surface area contributed by atoms with Crippen molar-refractivity contribution in [3.05, 3.63) is 60.3 Å². The number of benzene rings is 2. The van der Waals surface area contributed by atoms with Crippen molar-refractivity contribution in [2.45, 2.75) is 12.5 Å². The summed E-state index contributed by atoms with van der Waals surface area (Å²) in [5.74, 6) is -0.111. The van der Waals surface area contributed by atoms with E-state index in [1.807, 2.05) is 48.5 Å². The summed E-state index contributed by atoms with van der Waals surface area (Å²) in [6.45, 7) is 0. The Balaban J connectivity index is 1.71. The molecular weight excluding hydrogens is 264 g/mol. The molecule has 0 aliphatic heterocycles. The van der Waals surface area contributed by atoms with Gasteiger partial charge < -0.3 is 11.1 Å². The normalized spacial score (nSPS) is 12.2. The smallest absolute Gasteiger partial charge is 0.226 e. The number of nitrogens with zero attached hydrogens (tertiary/aromatic N) is 1. The average molecular weight is 280 g/mol. The van der Waals surface area contributed by atoms with Crippen LogP contribution in [0.25, 0.3) is 10.9 Å². The molecule has 0 aliphatic carbocycles. The van der Waals surface area contributed by atoms with Crippen LogP contribution in [0.15, 0.2) is 54.7 Å². The van der Waals surface area contributed by atoms with E-state index in [4.69, 9.17) is 5.73 Å². The van der Waals surface area contributed by atoms with Gasteiger partial charge in [0.15, 0.2) is 0 Å². The van der Waals surface area contributed by atoms with Crippen molar-refractivity contribution < 1.29 is 4.79 Å². The molecule has 1 atom stereocenters. The summed E-state index contributed by atoms with van der Waals surface area (Å²) in [6.07, 6.45) is 1.93. The maximum absolute atomic E-state index is 12.1. The molecule has 1 amide bonds. The molecule has 0 radical (unpaired) electrons. The highest BCUT2D eigenvalue weighted by Crippen LogP contribution is 2.22. The van der Waals surface area contributed by atoms with Crippen molar-refractivity contribution in [1.82, 2.24) is 10.2 Å². The Kier molecular flexibility index (Phi) is 3.66. The molecule has 21 heavy (non-hydrogen) atoms. The number of hydrogen-bond acceptors (Lipinski definition) is 3. The Bertz CT molecular complexity index is 751. The van der Waals surface area contributed by atoms with Crippen LogP contribution >= 0.6 is 0 Å². The molecule has 0 saturated carbocycles. The molecule has 4 N–H and O–H groups in total. The minimum atomic E-state index is -0.310. The van der Waals surface area contributed by atoms with E-state index in [2.05, 4.69) is 15.5 Å². The van der Waals surface area contributed by atoms with Crippen molar-refractivity contribution in [1.29, 1.82) is 0 Å². The van der Waals surface area contributed by atoms with Crippen LogP contribution in [-0.4, -0.2) is 16.1 Å². The van der Waals surface area contributed by atoms with Crippen LogP contribution < -0.4 is 11.1 Å². The fraction of sp³-hybridized carbons (Fsp3) is 0.125. The number of amides is 1. The third-order valence-corrected chi connectivity index (χ3v) is 3.39. The number of rotatable bonds is 4. The molecule has 1 aromatic heterocycles. The Morgan fingerprint density at radius 1 is 1.19 bits per heavy atom. The van der Waals surface area contributed by atoms with Crippen molar-refractivity contribution in [3.8, 4) is 0 Å². The predicted molar refractivity (Wildman–Crippen MR) is 82.7 cm³/mol. The van der Waals surface area contributed by atoms with Gasteiger partial charge in [0.25, 0.3) is 0 Å². The summed E-state index contributed by atoms with van der Waals surface area (Å²) >= 11 is 0. The van der Waals surface area contributed by atoms with Crippen LogP contribution in [0.5, 0.6) is 0 Å². The monoisotopic (exact) mass is 280 g/mol. The molecule has 3 aromatic rings. The Hall–Kier alpha value is -2.66. The van der Waals surface area contributed by atoms with Gasteiger partial charge in [0.2, 0.25) is 5.91 Å². The lowest BCUT2D eigenvalue weighted by atomic mass is 10.0. The number of nitrogens with one attached hydrogen (secondary N) is 2. The molecule has 0 saturated heterocycles. The number of aromatic amines is 1. The van der Waals surface area contributed by atoms with Gasteiger partial charge in [-0.25, -0.2) is 0 Å². The lowest BCUT2D eigenvalue weighted by Crippen LogP contribution is -2.20. The quantitative estimate of drug-likeness (QED) is 0.686. The van der Waals surface area contributed by atoms with Gasteiger partial charge in [-0.3, -0.25) is 9.89 Å². The fourth-order valence-electron chi connectivity index (χ4n) is 2.30. The highest BCUT2D eigenvalue weighted by Gasteiger charge is 2.12. The second kappa shape index (κ2) is 5.76. The third kappa shape index (κ3) is 2.93. The van der Waals surface area contributed by atoms with Crippen LogP contribution in [0, 0.1) is 0 Å². The number of anilines is 1. The fourth-order valence-corrected chi connectivity index (χ4v) is 2.30. The van der Waals surface area contributed by atoms with E-state index in [1.165, 1.54) is 0 Å². The molecule has 3 rings (SSSR count). The standard InChI is InChI=1S/C16H16N4O/c17-13(11-5-2-1-3-6-11)9-16(21)19-14-7-4-8-15-12(14)10-18-20-15/h1-8,10,13H,9,17H2,(H,18,20)(H,19,21). The highest BCUT2D eigenvalue weighted by molar-refractivity contribution is 6.00. The average Bonchev–Trinajstić information content (AvgIpc) is 2.97. The summed E-state index contributed by atoms with van der Waals surface area (Å²) in [4.78, 5) is 12.1. The molecule has 5 heteroatoms. The van der Waals surface area contributed by atoms with Gasteiger partial charge >= 0.3 is 0 Å². The molecule has 2 aromatic carbocycles. The van der Waals surface area contributed by atoms with Gasteiger partial charge in [-0.05, 0) is 17.7 Å². The number of hydrogen-bond donors (Lipinski definition) is 3. The largest absolute Gasteiger partial charge is 0.325 e. The molecule has 0 aliphatic rings. The lowest BCUT2D eigenvalue weighted by Gasteiger charge is -2.12. The van der Waals surface area contributed by atoms with Crippen LogP contribution in [0.2, 0.25) is 0 Å². The maximum Gasteiger partial charge on any atom is 0.226 e. The summed E-state index contributed by atoms with van der Waals surface area (Å²) in [5.41, 5.74) is 8.65. The van der Waals surface area contributed by atoms with Crippen molar-refractivity contribution in [2.24, 2.45) is 5.73 Å². The lowest BCUT2D eigenvalue weighted by molar-refractivity contribution is -0.116. The van der Waals surface area contributed by atoms with E-state index < -0.39 is 0 Å². The summed E-state index contributed by atoms with van der Waals surface area (Å²) in [7, 11) is 0. The van der Waals surface area contributed by atoms with Gasteiger partial charge in [0, 0.05) is 17.8 Å². The molecule has 1 unspecified atom stereocenters. The second-order valence-corrected chi connectivity index (χ2v) is 4.91. The molecule has 0 fully saturated rings. The van der Waals surface area contributed by atoms with Crippen molar-refractivity contribution >= 4 is 22.5 Å². The molecular formula is C16H16N4O. The SMILES string of the molecule is NC(CC(=O)Nc1cccc2[nH]ncc12)c1ccccc1. The topological polar surface area (TPSA) is 83.8 Å². The van der Waals surface area contributed by atoms with E-state index in [0.717, 1.165) is 22.2 Å².